The number of hydrogen-bond donors (Lipinski definition) is 1. The predicted molar refractivity (Wildman–Crippen MR) is 115 cm³/mol. The van der Waals surface area contributed by atoms with Crippen molar-refractivity contribution in [1.82, 2.24) is 0 Å². The zero-order valence-corrected chi connectivity index (χ0v) is 18.7. The summed E-state index contributed by atoms with van der Waals surface area (Å²) < 4.78 is 0. The summed E-state index contributed by atoms with van der Waals surface area (Å²) in [6.07, 6.45) is 18.0. The summed E-state index contributed by atoms with van der Waals surface area (Å²) in [7, 11) is 0. The first-order chi connectivity index (χ1) is 12.9. The molecule has 4 aliphatic carbocycles. The lowest BCUT2D eigenvalue weighted by molar-refractivity contribution is -0.129. The normalized spacial score (nSPS) is 50.6. The Morgan fingerprint density at radius 2 is 1.63 bits per heavy atom. The maximum Gasteiger partial charge on any atom is 0.0543 e. The molecule has 0 radical (unpaired) electrons. The molecule has 0 amide bonds. The summed E-state index contributed by atoms with van der Waals surface area (Å²) in [5, 5.41) is 10.2. The Kier molecular flexibility index (Phi) is 5.74. The van der Waals surface area contributed by atoms with E-state index in [0.29, 0.717) is 10.8 Å². The Morgan fingerprint density at radius 1 is 0.889 bits per heavy atom. The van der Waals surface area contributed by atoms with E-state index in [9.17, 15) is 5.11 Å². The van der Waals surface area contributed by atoms with Crippen LogP contribution in [0.3, 0.4) is 0 Å². The molecule has 0 aromatic rings. The first-order valence-corrected chi connectivity index (χ1v) is 12.6. The fourth-order valence-corrected chi connectivity index (χ4v) is 9.13. The van der Waals surface area contributed by atoms with Crippen LogP contribution < -0.4 is 0 Å². The Labute approximate surface area is 169 Å². The zero-order chi connectivity index (χ0) is 19.2. The van der Waals surface area contributed by atoms with Gasteiger partial charge in [0.1, 0.15) is 0 Å². The standard InChI is InChI=1S/C26H46O/c1-5-6-7-8-18(2)22-11-12-23-21-10-9-19-17-20(27)13-15-25(19,3)24(21)14-16-26(22,23)4/h18-24,27H,5-17H2,1-4H3. The van der Waals surface area contributed by atoms with Gasteiger partial charge in [0.25, 0.3) is 0 Å². The Hall–Kier alpha value is -0.0400. The van der Waals surface area contributed by atoms with Gasteiger partial charge in [0.15, 0.2) is 0 Å². The van der Waals surface area contributed by atoms with E-state index in [1.165, 1.54) is 70.6 Å². The molecule has 0 aliphatic heterocycles. The summed E-state index contributed by atoms with van der Waals surface area (Å²) >= 11 is 0. The molecule has 0 heterocycles. The van der Waals surface area contributed by atoms with Crippen LogP contribution in [0.25, 0.3) is 0 Å². The van der Waals surface area contributed by atoms with Gasteiger partial charge in [-0.2, -0.15) is 0 Å². The number of aliphatic hydroxyl groups excluding tert-OH is 1. The van der Waals surface area contributed by atoms with E-state index in [1.807, 2.05) is 0 Å². The number of hydrogen-bond acceptors (Lipinski definition) is 1. The van der Waals surface area contributed by atoms with Gasteiger partial charge in [-0.25, -0.2) is 0 Å². The van der Waals surface area contributed by atoms with Crippen molar-refractivity contribution in [2.45, 2.75) is 117 Å². The highest BCUT2D eigenvalue weighted by molar-refractivity contribution is 5.09. The van der Waals surface area contributed by atoms with Crippen molar-refractivity contribution < 1.29 is 5.11 Å². The second-order valence-corrected chi connectivity index (χ2v) is 11.8. The molecular formula is C26H46O. The molecule has 0 bridgehead atoms. The summed E-state index contributed by atoms with van der Waals surface area (Å²) in [4.78, 5) is 0. The molecule has 9 unspecified atom stereocenters. The highest BCUT2D eigenvalue weighted by Crippen LogP contribution is 2.68. The molecule has 0 spiro atoms. The van der Waals surface area contributed by atoms with Crippen molar-refractivity contribution in [3.8, 4) is 0 Å². The van der Waals surface area contributed by atoms with Gasteiger partial charge in [0, 0.05) is 0 Å². The molecule has 4 rings (SSSR count). The molecular weight excluding hydrogens is 328 g/mol. The average molecular weight is 375 g/mol. The van der Waals surface area contributed by atoms with Crippen LogP contribution >= 0.6 is 0 Å². The minimum atomic E-state index is -0.00619. The lowest BCUT2D eigenvalue weighted by Crippen LogP contribution is -2.54. The van der Waals surface area contributed by atoms with E-state index in [4.69, 9.17) is 0 Å². The lowest BCUT2D eigenvalue weighted by Gasteiger charge is -2.61. The van der Waals surface area contributed by atoms with Crippen molar-refractivity contribution in [2.75, 3.05) is 0 Å². The van der Waals surface area contributed by atoms with Gasteiger partial charge >= 0.3 is 0 Å². The fraction of sp³-hybridized carbons (Fsp3) is 1.00. The third-order valence-electron chi connectivity index (χ3n) is 10.7. The van der Waals surface area contributed by atoms with Crippen LogP contribution in [0, 0.1) is 46.3 Å². The van der Waals surface area contributed by atoms with Crippen LogP contribution in [0.2, 0.25) is 0 Å². The average Bonchev–Trinajstić information content (AvgIpc) is 3.00. The third-order valence-corrected chi connectivity index (χ3v) is 10.7. The molecule has 156 valence electrons. The molecule has 27 heavy (non-hydrogen) atoms. The molecule has 0 aromatic heterocycles. The number of rotatable bonds is 5. The van der Waals surface area contributed by atoms with E-state index in [0.717, 1.165) is 48.3 Å². The molecule has 0 aromatic carbocycles. The van der Waals surface area contributed by atoms with Gasteiger partial charge in [-0.05, 0) is 104 Å². The summed E-state index contributed by atoms with van der Waals surface area (Å²) in [5.41, 5.74) is 1.17. The minimum Gasteiger partial charge on any atom is -0.393 e. The van der Waals surface area contributed by atoms with E-state index in [1.54, 1.807) is 0 Å². The summed E-state index contributed by atoms with van der Waals surface area (Å²) in [6, 6.07) is 0. The maximum absolute atomic E-state index is 10.2. The van der Waals surface area contributed by atoms with Gasteiger partial charge in [-0.1, -0.05) is 53.4 Å². The zero-order valence-electron chi connectivity index (χ0n) is 18.7. The number of unbranched alkanes of at least 4 members (excludes halogenated alkanes) is 2. The Bertz CT molecular complexity index is 514. The highest BCUT2D eigenvalue weighted by atomic mass is 16.3. The Balaban J connectivity index is 1.49. The molecule has 4 saturated carbocycles. The number of fused-ring (bicyclic) bond motifs is 5. The van der Waals surface area contributed by atoms with Crippen molar-refractivity contribution in [3.63, 3.8) is 0 Å². The summed E-state index contributed by atoms with van der Waals surface area (Å²) in [5.74, 6) is 5.67. The monoisotopic (exact) mass is 374 g/mol. The van der Waals surface area contributed by atoms with E-state index in [-0.39, 0.29) is 6.10 Å². The van der Waals surface area contributed by atoms with Gasteiger partial charge in [0.2, 0.25) is 0 Å². The van der Waals surface area contributed by atoms with Crippen LogP contribution in [0.1, 0.15) is 111 Å². The van der Waals surface area contributed by atoms with Gasteiger partial charge in [-0.15, -0.1) is 0 Å². The minimum absolute atomic E-state index is 0.00619. The molecule has 9 atom stereocenters. The molecule has 4 fully saturated rings. The molecule has 1 nitrogen and oxygen atoms in total. The van der Waals surface area contributed by atoms with E-state index < -0.39 is 0 Å². The maximum atomic E-state index is 10.2. The molecule has 4 aliphatic rings. The quantitative estimate of drug-likeness (QED) is 0.503. The second-order valence-electron chi connectivity index (χ2n) is 11.8. The Morgan fingerprint density at radius 3 is 2.41 bits per heavy atom. The topological polar surface area (TPSA) is 20.2 Å². The lowest BCUT2D eigenvalue weighted by atomic mass is 9.44. The largest absolute Gasteiger partial charge is 0.393 e. The van der Waals surface area contributed by atoms with Crippen molar-refractivity contribution in [2.24, 2.45) is 46.3 Å². The summed E-state index contributed by atoms with van der Waals surface area (Å²) in [6.45, 7) is 10.3. The fourth-order valence-electron chi connectivity index (χ4n) is 9.13. The van der Waals surface area contributed by atoms with Gasteiger partial charge < -0.3 is 5.11 Å². The van der Waals surface area contributed by atoms with Crippen molar-refractivity contribution in [1.29, 1.82) is 0 Å². The second kappa shape index (κ2) is 7.66. The molecule has 1 heteroatoms. The van der Waals surface area contributed by atoms with Gasteiger partial charge in [-0.3, -0.25) is 0 Å². The first-order valence-electron chi connectivity index (χ1n) is 12.6. The van der Waals surface area contributed by atoms with Crippen LogP contribution in [-0.2, 0) is 0 Å². The smallest absolute Gasteiger partial charge is 0.0543 e. The van der Waals surface area contributed by atoms with Crippen molar-refractivity contribution >= 4 is 0 Å². The SMILES string of the molecule is CCCCCC(C)C1CCC2C3CCC4CC(O)CCC4(C)C3CCC12C. The van der Waals surface area contributed by atoms with Gasteiger partial charge in [0.05, 0.1) is 6.10 Å². The van der Waals surface area contributed by atoms with Crippen LogP contribution in [0.4, 0.5) is 0 Å². The predicted octanol–water partition coefficient (Wildman–Crippen LogP) is 7.22. The molecule has 1 N–H and O–H groups in total. The van der Waals surface area contributed by atoms with E-state index in [2.05, 4.69) is 27.7 Å². The van der Waals surface area contributed by atoms with Crippen molar-refractivity contribution in [3.05, 3.63) is 0 Å². The van der Waals surface area contributed by atoms with E-state index >= 15 is 0 Å². The van der Waals surface area contributed by atoms with Crippen LogP contribution in [0.5, 0.6) is 0 Å². The first kappa shape index (κ1) is 20.2. The molecule has 0 saturated heterocycles. The number of aliphatic hydroxyl groups is 1. The van der Waals surface area contributed by atoms with Crippen LogP contribution in [0.15, 0.2) is 0 Å². The van der Waals surface area contributed by atoms with Crippen LogP contribution in [-0.4, -0.2) is 11.2 Å². The highest BCUT2D eigenvalue weighted by Gasteiger charge is 2.60. The third kappa shape index (κ3) is 3.32.